The molecule has 3 nitrogen and oxygen atoms in total. The van der Waals surface area contributed by atoms with Crippen LogP contribution < -0.4 is 0 Å². The van der Waals surface area contributed by atoms with Gasteiger partial charge in [0.05, 0.1) is 32.5 Å². The van der Waals surface area contributed by atoms with Crippen LogP contribution in [0.15, 0.2) is 0 Å². The number of ether oxygens (including phenoxy) is 2. The first-order chi connectivity index (χ1) is 7.67. The summed E-state index contributed by atoms with van der Waals surface area (Å²) in [4.78, 5) is 0. The molecule has 0 saturated heterocycles. The van der Waals surface area contributed by atoms with Crippen LogP contribution in [0.2, 0.25) is 18.1 Å². The molecule has 0 aromatic heterocycles. The molecule has 0 bridgehead atoms. The second-order valence-corrected chi connectivity index (χ2v) is 10.9. The average molecular weight is 262 g/mol. The first-order valence-electron chi connectivity index (χ1n) is 6.50. The van der Waals surface area contributed by atoms with Crippen molar-refractivity contribution < 1.29 is 13.9 Å². The Hall–Kier alpha value is 0.0969. The van der Waals surface area contributed by atoms with Gasteiger partial charge >= 0.3 is 0 Å². The van der Waals surface area contributed by atoms with E-state index in [-0.39, 0.29) is 11.1 Å². The van der Waals surface area contributed by atoms with E-state index in [4.69, 9.17) is 13.9 Å². The highest BCUT2D eigenvalue weighted by Crippen LogP contribution is 2.36. The lowest BCUT2D eigenvalue weighted by Gasteiger charge is -2.36. The maximum absolute atomic E-state index is 5.99. The molecule has 0 aliphatic rings. The molecule has 0 amide bonds. The monoisotopic (exact) mass is 262 g/mol. The molecule has 0 atom stereocenters. The fraction of sp³-hybridized carbons (Fsp3) is 1.00. The molecule has 4 heteroatoms. The summed E-state index contributed by atoms with van der Waals surface area (Å²) >= 11 is 0. The third-order valence-corrected chi connectivity index (χ3v) is 7.71. The van der Waals surface area contributed by atoms with Crippen LogP contribution >= 0.6 is 0 Å². The molecule has 0 aliphatic carbocycles. The maximum Gasteiger partial charge on any atom is 0.192 e. The van der Waals surface area contributed by atoms with Crippen LogP contribution in [0.3, 0.4) is 0 Å². The van der Waals surface area contributed by atoms with Crippen LogP contribution in [0.5, 0.6) is 0 Å². The summed E-state index contributed by atoms with van der Waals surface area (Å²) in [7, 11) is -1.60. The third kappa shape index (κ3) is 7.92. The van der Waals surface area contributed by atoms with Gasteiger partial charge in [0, 0.05) is 0 Å². The summed E-state index contributed by atoms with van der Waals surface area (Å²) in [6.45, 7) is 18.0. The van der Waals surface area contributed by atoms with Crippen LogP contribution in [0.1, 0.15) is 34.6 Å². The summed E-state index contributed by atoms with van der Waals surface area (Å²) in [6.07, 6.45) is 0.280. The first-order valence-corrected chi connectivity index (χ1v) is 9.41. The van der Waals surface area contributed by atoms with Crippen LogP contribution in [0, 0.1) is 0 Å². The molecule has 104 valence electrons. The topological polar surface area (TPSA) is 27.7 Å². The molecule has 0 rings (SSSR count). The van der Waals surface area contributed by atoms with E-state index in [1.165, 1.54) is 0 Å². The molecule has 0 aromatic carbocycles. The summed E-state index contributed by atoms with van der Waals surface area (Å²) in [5, 5.41) is 0.272. The van der Waals surface area contributed by atoms with Gasteiger partial charge in [0.1, 0.15) is 0 Å². The van der Waals surface area contributed by atoms with Gasteiger partial charge < -0.3 is 13.9 Å². The van der Waals surface area contributed by atoms with E-state index >= 15 is 0 Å². The lowest BCUT2D eigenvalue weighted by Crippen LogP contribution is -2.41. The van der Waals surface area contributed by atoms with E-state index in [0.717, 1.165) is 0 Å². The van der Waals surface area contributed by atoms with Crippen molar-refractivity contribution in [3.8, 4) is 0 Å². The van der Waals surface area contributed by atoms with Crippen molar-refractivity contribution in [3.63, 3.8) is 0 Å². The number of hydrogen-bond donors (Lipinski definition) is 0. The third-order valence-electron chi connectivity index (χ3n) is 3.18. The van der Waals surface area contributed by atoms with Gasteiger partial charge in [-0.15, -0.1) is 0 Å². The lowest BCUT2D eigenvalue weighted by molar-refractivity contribution is 0.0114. The van der Waals surface area contributed by atoms with E-state index in [1.54, 1.807) is 0 Å². The van der Waals surface area contributed by atoms with Gasteiger partial charge in [0.2, 0.25) is 0 Å². The minimum absolute atomic E-state index is 0.272. The van der Waals surface area contributed by atoms with E-state index < -0.39 is 8.32 Å². The molecule has 17 heavy (non-hydrogen) atoms. The summed E-state index contributed by atoms with van der Waals surface area (Å²) in [5.41, 5.74) is 0. The van der Waals surface area contributed by atoms with Crippen molar-refractivity contribution in [3.05, 3.63) is 0 Å². The molecule has 0 spiro atoms. The summed E-state index contributed by atoms with van der Waals surface area (Å²) in [6, 6.07) is 0. The zero-order valence-electron chi connectivity index (χ0n) is 12.6. The van der Waals surface area contributed by atoms with E-state index in [9.17, 15) is 0 Å². The number of hydrogen-bond acceptors (Lipinski definition) is 3. The SMILES string of the molecule is CC(C)OCCOCCO[Si](C)(C)C(C)(C)C. The quantitative estimate of drug-likeness (QED) is 0.495. The van der Waals surface area contributed by atoms with Crippen molar-refractivity contribution in [2.24, 2.45) is 0 Å². The Morgan fingerprint density at radius 1 is 0.941 bits per heavy atom. The Balaban J connectivity index is 3.52. The van der Waals surface area contributed by atoms with Gasteiger partial charge in [-0.3, -0.25) is 0 Å². The Morgan fingerprint density at radius 3 is 1.94 bits per heavy atom. The van der Waals surface area contributed by atoms with E-state index in [2.05, 4.69) is 33.9 Å². The predicted molar refractivity (Wildman–Crippen MR) is 75.1 cm³/mol. The normalized spacial score (nSPS) is 13.4. The van der Waals surface area contributed by atoms with Gasteiger partial charge in [0.25, 0.3) is 0 Å². The zero-order valence-corrected chi connectivity index (χ0v) is 13.6. The van der Waals surface area contributed by atoms with Crippen molar-refractivity contribution in [1.29, 1.82) is 0 Å². The lowest BCUT2D eigenvalue weighted by atomic mass is 10.2. The molecule has 0 radical (unpaired) electrons. The van der Waals surface area contributed by atoms with Gasteiger partial charge in [-0.25, -0.2) is 0 Å². The fourth-order valence-electron chi connectivity index (χ4n) is 1.02. The molecule has 0 unspecified atom stereocenters. The highest BCUT2D eigenvalue weighted by atomic mass is 28.4. The molecule has 0 aliphatic heterocycles. The van der Waals surface area contributed by atoms with Gasteiger partial charge in [-0.1, -0.05) is 20.8 Å². The molecule has 0 N–H and O–H groups in total. The fourth-order valence-corrected chi connectivity index (χ4v) is 2.04. The minimum Gasteiger partial charge on any atom is -0.414 e. The van der Waals surface area contributed by atoms with Crippen LogP contribution in [0.25, 0.3) is 0 Å². The highest BCUT2D eigenvalue weighted by molar-refractivity contribution is 6.74. The van der Waals surface area contributed by atoms with Crippen molar-refractivity contribution in [1.82, 2.24) is 0 Å². The Bertz CT molecular complexity index is 197. The van der Waals surface area contributed by atoms with Crippen LogP contribution in [-0.4, -0.2) is 40.8 Å². The Kier molecular flexibility index (Phi) is 7.56. The van der Waals surface area contributed by atoms with Crippen molar-refractivity contribution >= 4 is 8.32 Å². The maximum atomic E-state index is 5.99. The van der Waals surface area contributed by atoms with Crippen LogP contribution in [0.4, 0.5) is 0 Å². The molecule has 0 aromatic rings. The van der Waals surface area contributed by atoms with Gasteiger partial charge in [-0.05, 0) is 32.0 Å². The van der Waals surface area contributed by atoms with E-state index in [0.29, 0.717) is 26.4 Å². The predicted octanol–water partition coefficient (Wildman–Crippen LogP) is 3.45. The van der Waals surface area contributed by atoms with Gasteiger partial charge in [-0.2, -0.15) is 0 Å². The van der Waals surface area contributed by atoms with E-state index in [1.807, 2.05) is 13.8 Å². The smallest absolute Gasteiger partial charge is 0.192 e. The minimum atomic E-state index is -1.60. The summed E-state index contributed by atoms with van der Waals surface area (Å²) in [5.74, 6) is 0. The van der Waals surface area contributed by atoms with Crippen molar-refractivity contribution in [2.45, 2.75) is 58.9 Å². The Labute approximate surface area is 108 Å². The largest absolute Gasteiger partial charge is 0.414 e. The second kappa shape index (κ2) is 7.51. The molecule has 0 fully saturated rings. The average Bonchev–Trinajstić information content (AvgIpc) is 2.13. The summed E-state index contributed by atoms with van der Waals surface area (Å²) < 4.78 is 16.8. The molecule has 0 heterocycles. The van der Waals surface area contributed by atoms with Crippen molar-refractivity contribution in [2.75, 3.05) is 26.4 Å². The second-order valence-electron chi connectivity index (χ2n) is 6.14. The molecular formula is C13H30O3Si. The zero-order chi connectivity index (χ0) is 13.5. The Morgan fingerprint density at radius 2 is 1.47 bits per heavy atom. The van der Waals surface area contributed by atoms with Crippen LogP contribution in [-0.2, 0) is 13.9 Å². The standard InChI is InChI=1S/C13H30O3Si/c1-12(2)15-10-8-14-9-11-16-17(6,7)13(3,4)5/h12H,8-11H2,1-7H3. The van der Waals surface area contributed by atoms with Gasteiger partial charge in [0.15, 0.2) is 8.32 Å². The molecular weight excluding hydrogens is 232 g/mol. The number of rotatable bonds is 8. The molecule has 0 saturated carbocycles. The first kappa shape index (κ1) is 17.1. The highest BCUT2D eigenvalue weighted by Gasteiger charge is 2.36.